The normalized spacial score (nSPS) is 21.1. The summed E-state index contributed by atoms with van der Waals surface area (Å²) >= 11 is 0. The van der Waals surface area contributed by atoms with E-state index in [9.17, 15) is 9.59 Å². The molecule has 0 bridgehead atoms. The second-order valence-corrected chi connectivity index (χ2v) is 5.47. The van der Waals surface area contributed by atoms with Crippen LogP contribution in [0.15, 0.2) is 30.4 Å². The van der Waals surface area contributed by atoms with E-state index in [1.165, 1.54) is 0 Å². The van der Waals surface area contributed by atoms with Gasteiger partial charge in [-0.1, -0.05) is 12.2 Å². The van der Waals surface area contributed by atoms with Gasteiger partial charge in [0.25, 0.3) is 5.91 Å². The molecule has 0 radical (unpaired) electrons. The van der Waals surface area contributed by atoms with Crippen LogP contribution in [0.4, 0.5) is 11.4 Å². The Morgan fingerprint density at radius 3 is 2.76 bits per heavy atom. The lowest BCUT2D eigenvalue weighted by Crippen LogP contribution is -2.42. The summed E-state index contributed by atoms with van der Waals surface area (Å²) in [6.07, 6.45) is 5.15. The Bertz CT molecular complexity index is 616. The van der Waals surface area contributed by atoms with E-state index in [2.05, 4.69) is 5.32 Å². The largest absolute Gasteiger partial charge is 0.479 e. The van der Waals surface area contributed by atoms with E-state index in [-0.39, 0.29) is 17.7 Å². The number of amides is 2. The Hall–Kier alpha value is -2.30. The molecule has 0 aromatic heterocycles. The number of likely N-dealkylation sites (N-methyl/N-ethyl adjacent to an activating group) is 1. The van der Waals surface area contributed by atoms with E-state index in [1.54, 1.807) is 37.1 Å². The SMILES string of the molecule is CC1Oc2ccc(NC(=O)C3CC=CC3)cc2N(C)C1=O. The number of hydrogen-bond acceptors (Lipinski definition) is 3. The molecule has 1 aliphatic carbocycles. The third-order valence-corrected chi connectivity index (χ3v) is 3.95. The Morgan fingerprint density at radius 1 is 1.33 bits per heavy atom. The monoisotopic (exact) mass is 286 g/mol. The van der Waals surface area contributed by atoms with E-state index in [0.29, 0.717) is 17.1 Å². The lowest BCUT2D eigenvalue weighted by molar-refractivity contribution is -0.125. The number of carbonyl (C=O) groups excluding carboxylic acids is 2. The molecule has 0 fully saturated rings. The van der Waals surface area contributed by atoms with Crippen LogP contribution in [0.1, 0.15) is 19.8 Å². The number of fused-ring (bicyclic) bond motifs is 1. The number of nitrogens with one attached hydrogen (secondary N) is 1. The van der Waals surface area contributed by atoms with Gasteiger partial charge in [-0.2, -0.15) is 0 Å². The number of rotatable bonds is 2. The average molecular weight is 286 g/mol. The van der Waals surface area contributed by atoms with Crippen molar-refractivity contribution in [1.29, 1.82) is 0 Å². The van der Waals surface area contributed by atoms with Gasteiger partial charge in [-0.25, -0.2) is 0 Å². The fraction of sp³-hybridized carbons (Fsp3) is 0.375. The number of hydrogen-bond donors (Lipinski definition) is 1. The second kappa shape index (κ2) is 5.24. The van der Waals surface area contributed by atoms with Gasteiger partial charge in [0.05, 0.1) is 5.69 Å². The minimum atomic E-state index is -0.479. The molecule has 1 aliphatic heterocycles. The molecule has 110 valence electrons. The highest BCUT2D eigenvalue weighted by Gasteiger charge is 2.29. The Morgan fingerprint density at radius 2 is 2.05 bits per heavy atom. The Labute approximate surface area is 123 Å². The molecule has 21 heavy (non-hydrogen) atoms. The van der Waals surface area contributed by atoms with Gasteiger partial charge in [-0.05, 0) is 38.0 Å². The van der Waals surface area contributed by atoms with Gasteiger partial charge in [-0.3, -0.25) is 9.59 Å². The predicted molar refractivity (Wildman–Crippen MR) is 80.4 cm³/mol. The third-order valence-electron chi connectivity index (χ3n) is 3.95. The Kier molecular flexibility index (Phi) is 3.41. The van der Waals surface area contributed by atoms with Crippen molar-refractivity contribution >= 4 is 23.2 Å². The van der Waals surface area contributed by atoms with Crippen LogP contribution in [0, 0.1) is 5.92 Å². The molecule has 1 unspecified atom stereocenters. The molecule has 3 rings (SSSR count). The van der Waals surface area contributed by atoms with Crippen molar-refractivity contribution in [2.75, 3.05) is 17.3 Å². The van der Waals surface area contributed by atoms with Crippen LogP contribution in [-0.2, 0) is 9.59 Å². The van der Waals surface area contributed by atoms with Crippen LogP contribution >= 0.6 is 0 Å². The first-order chi connectivity index (χ1) is 10.1. The van der Waals surface area contributed by atoms with Crippen molar-refractivity contribution in [3.8, 4) is 5.75 Å². The van der Waals surface area contributed by atoms with Crippen LogP contribution < -0.4 is 15.0 Å². The predicted octanol–water partition coefficient (Wildman–Crippen LogP) is 2.33. The highest BCUT2D eigenvalue weighted by Crippen LogP contribution is 2.35. The summed E-state index contributed by atoms with van der Waals surface area (Å²) in [7, 11) is 1.71. The molecule has 0 saturated carbocycles. The zero-order valence-corrected chi connectivity index (χ0v) is 12.1. The lowest BCUT2D eigenvalue weighted by Gasteiger charge is -2.30. The summed E-state index contributed by atoms with van der Waals surface area (Å²) in [6.45, 7) is 1.73. The molecular formula is C16H18N2O3. The Balaban J connectivity index is 1.79. The summed E-state index contributed by atoms with van der Waals surface area (Å²) in [6, 6.07) is 5.37. The van der Waals surface area contributed by atoms with Gasteiger partial charge in [-0.15, -0.1) is 0 Å². The van der Waals surface area contributed by atoms with Crippen molar-refractivity contribution in [1.82, 2.24) is 0 Å². The summed E-state index contributed by atoms with van der Waals surface area (Å²) in [5.74, 6) is 0.590. The first-order valence-corrected chi connectivity index (χ1v) is 7.10. The maximum absolute atomic E-state index is 12.1. The highest BCUT2D eigenvalue weighted by atomic mass is 16.5. The topological polar surface area (TPSA) is 58.6 Å². The van der Waals surface area contributed by atoms with Crippen molar-refractivity contribution in [2.45, 2.75) is 25.9 Å². The molecule has 2 aliphatic rings. The quantitative estimate of drug-likeness (QED) is 0.849. The highest BCUT2D eigenvalue weighted by molar-refractivity contribution is 6.01. The van der Waals surface area contributed by atoms with E-state index in [4.69, 9.17) is 4.74 Å². The standard InChI is InChI=1S/C16H18N2O3/c1-10-16(20)18(2)13-9-12(7-8-14(13)21-10)17-15(19)11-5-3-4-6-11/h3-4,7-11H,5-6H2,1-2H3,(H,17,19). The van der Waals surface area contributed by atoms with Gasteiger partial charge in [0.2, 0.25) is 5.91 Å². The fourth-order valence-electron chi connectivity index (χ4n) is 2.66. The second-order valence-electron chi connectivity index (χ2n) is 5.47. The first kappa shape index (κ1) is 13.7. The molecule has 1 aromatic rings. The van der Waals surface area contributed by atoms with Gasteiger partial charge in [0, 0.05) is 18.7 Å². The summed E-state index contributed by atoms with van der Waals surface area (Å²) in [4.78, 5) is 25.6. The molecule has 1 aromatic carbocycles. The number of benzene rings is 1. The number of allylic oxidation sites excluding steroid dienone is 2. The third kappa shape index (κ3) is 2.51. The summed E-state index contributed by atoms with van der Waals surface area (Å²) < 4.78 is 5.56. The zero-order chi connectivity index (χ0) is 15.0. The molecule has 5 heteroatoms. The number of ether oxygens (including phenoxy) is 1. The number of nitrogens with zero attached hydrogens (tertiary/aromatic N) is 1. The molecule has 0 spiro atoms. The average Bonchev–Trinajstić information content (AvgIpc) is 3.00. The molecule has 1 N–H and O–H groups in total. The van der Waals surface area contributed by atoms with Gasteiger partial charge < -0.3 is 15.0 Å². The minimum absolute atomic E-state index is 0.0108. The smallest absolute Gasteiger partial charge is 0.267 e. The maximum atomic E-state index is 12.1. The van der Waals surface area contributed by atoms with Crippen molar-refractivity contribution < 1.29 is 14.3 Å². The lowest BCUT2D eigenvalue weighted by atomic mass is 10.1. The summed E-state index contributed by atoms with van der Waals surface area (Å²) in [5.41, 5.74) is 1.36. The van der Waals surface area contributed by atoms with E-state index in [0.717, 1.165) is 12.8 Å². The molecule has 1 heterocycles. The van der Waals surface area contributed by atoms with Gasteiger partial charge in [0.15, 0.2) is 6.10 Å². The molecular weight excluding hydrogens is 268 g/mol. The van der Waals surface area contributed by atoms with Crippen LogP contribution in [0.5, 0.6) is 5.75 Å². The van der Waals surface area contributed by atoms with Crippen LogP contribution in [0.25, 0.3) is 0 Å². The van der Waals surface area contributed by atoms with Gasteiger partial charge >= 0.3 is 0 Å². The minimum Gasteiger partial charge on any atom is -0.479 e. The molecule has 2 amide bonds. The van der Waals surface area contributed by atoms with Gasteiger partial charge in [0.1, 0.15) is 5.75 Å². The van der Waals surface area contributed by atoms with Crippen molar-refractivity contribution in [3.63, 3.8) is 0 Å². The fourth-order valence-corrected chi connectivity index (χ4v) is 2.66. The van der Waals surface area contributed by atoms with E-state index >= 15 is 0 Å². The summed E-state index contributed by atoms with van der Waals surface area (Å²) in [5, 5.41) is 2.91. The van der Waals surface area contributed by atoms with Crippen LogP contribution in [0.3, 0.4) is 0 Å². The van der Waals surface area contributed by atoms with Crippen molar-refractivity contribution in [2.24, 2.45) is 5.92 Å². The molecule has 5 nitrogen and oxygen atoms in total. The maximum Gasteiger partial charge on any atom is 0.267 e. The van der Waals surface area contributed by atoms with Crippen molar-refractivity contribution in [3.05, 3.63) is 30.4 Å². The van der Waals surface area contributed by atoms with Crippen LogP contribution in [-0.4, -0.2) is 25.0 Å². The van der Waals surface area contributed by atoms with Crippen LogP contribution in [0.2, 0.25) is 0 Å². The van der Waals surface area contributed by atoms with E-state index < -0.39 is 6.10 Å². The first-order valence-electron chi connectivity index (χ1n) is 7.10. The molecule has 0 saturated heterocycles. The number of carbonyl (C=O) groups is 2. The number of anilines is 2. The molecule has 1 atom stereocenters. The van der Waals surface area contributed by atoms with E-state index in [1.807, 2.05) is 12.2 Å². The zero-order valence-electron chi connectivity index (χ0n) is 12.1.